The first-order valence-corrected chi connectivity index (χ1v) is 12.0. The fraction of sp³-hybridized carbons (Fsp3) is 0.379. The first-order valence-electron chi connectivity index (χ1n) is 12.0. The highest BCUT2D eigenvalue weighted by Gasteiger charge is 2.28. The van der Waals surface area contributed by atoms with Gasteiger partial charge in [-0.3, -0.25) is 0 Å². The molecule has 166 valence electrons. The summed E-state index contributed by atoms with van der Waals surface area (Å²) in [5, 5.41) is 12.6. The first kappa shape index (κ1) is 21.1. The Morgan fingerprint density at radius 1 is 0.906 bits per heavy atom. The number of aromatic nitrogens is 2. The predicted octanol–water partition coefficient (Wildman–Crippen LogP) is 7.31. The molecule has 2 aromatic carbocycles. The Labute approximate surface area is 191 Å². The Kier molecular flexibility index (Phi) is 5.69. The number of aliphatic hydroxyl groups is 1. The van der Waals surface area contributed by atoms with Gasteiger partial charge in [0.2, 0.25) is 0 Å². The van der Waals surface area contributed by atoms with Crippen molar-refractivity contribution in [1.82, 2.24) is 9.13 Å². The predicted molar refractivity (Wildman–Crippen MR) is 134 cm³/mol. The van der Waals surface area contributed by atoms with Crippen LogP contribution in [0.15, 0.2) is 84.7 Å². The molecular formula is C29H34N2O. The highest BCUT2D eigenvalue weighted by atomic mass is 16.3. The largest absolute Gasteiger partial charge is 0.390 e. The van der Waals surface area contributed by atoms with E-state index in [0.717, 1.165) is 32.1 Å². The maximum atomic E-state index is 10.0. The summed E-state index contributed by atoms with van der Waals surface area (Å²) >= 11 is 0. The molecule has 1 aliphatic carbocycles. The van der Waals surface area contributed by atoms with Crippen LogP contribution in [0.4, 0.5) is 0 Å². The van der Waals surface area contributed by atoms with Gasteiger partial charge in [0.05, 0.1) is 5.60 Å². The van der Waals surface area contributed by atoms with Crippen molar-refractivity contribution in [3.8, 4) is 0 Å². The Bertz CT molecular complexity index is 1160. The topological polar surface area (TPSA) is 30.1 Å². The van der Waals surface area contributed by atoms with Gasteiger partial charge in [0.15, 0.2) is 0 Å². The fourth-order valence-corrected chi connectivity index (χ4v) is 5.41. The summed E-state index contributed by atoms with van der Waals surface area (Å²) < 4.78 is 4.97. The average Bonchev–Trinajstić information content (AvgIpc) is 3.40. The third-order valence-corrected chi connectivity index (χ3v) is 7.08. The Hall–Kier alpha value is -2.78. The zero-order valence-electron chi connectivity index (χ0n) is 19.2. The molecule has 0 saturated carbocycles. The standard InChI is InChI=1S/C29H34N2O/c1-29(2,32)19-7-8-22-13-15-25(16-14-22)28(30-20-17-23-9-3-5-11-26(23)30)31-21-18-24-10-4-6-12-27(24)31/h3-6,9-13,17-18,20-21,25,28,32H,7-8,14-16,19H2,1-2H3. The van der Waals surface area contributed by atoms with Crippen molar-refractivity contribution in [2.45, 2.75) is 64.1 Å². The molecule has 2 aromatic heterocycles. The van der Waals surface area contributed by atoms with E-state index in [1.165, 1.54) is 28.2 Å². The van der Waals surface area contributed by atoms with Crippen LogP contribution in [0.25, 0.3) is 21.8 Å². The van der Waals surface area contributed by atoms with Gasteiger partial charge in [-0.25, -0.2) is 0 Å². The summed E-state index contributed by atoms with van der Waals surface area (Å²) in [7, 11) is 0. The third-order valence-electron chi connectivity index (χ3n) is 7.08. The molecular weight excluding hydrogens is 392 g/mol. The van der Waals surface area contributed by atoms with E-state index in [-0.39, 0.29) is 6.17 Å². The number of benzene rings is 2. The molecule has 5 rings (SSSR count). The second-order valence-corrected chi connectivity index (χ2v) is 10.0. The molecule has 1 N–H and O–H groups in total. The molecule has 0 bridgehead atoms. The first-order chi connectivity index (χ1) is 15.5. The molecule has 3 heteroatoms. The average molecular weight is 427 g/mol. The second-order valence-electron chi connectivity index (χ2n) is 10.0. The molecule has 0 saturated heterocycles. The lowest BCUT2D eigenvalue weighted by Gasteiger charge is -2.33. The van der Waals surface area contributed by atoms with E-state index in [4.69, 9.17) is 0 Å². The van der Waals surface area contributed by atoms with Gasteiger partial charge in [-0.15, -0.1) is 0 Å². The highest BCUT2D eigenvalue weighted by molar-refractivity contribution is 5.82. The van der Waals surface area contributed by atoms with E-state index in [1.54, 1.807) is 5.57 Å². The SMILES string of the molecule is CC(C)(O)CCCC1=CCC(C(n2ccc3ccccc32)n2ccc3ccccc32)CC1. The minimum atomic E-state index is -0.562. The highest BCUT2D eigenvalue weighted by Crippen LogP contribution is 2.38. The molecule has 32 heavy (non-hydrogen) atoms. The molecule has 3 nitrogen and oxygen atoms in total. The van der Waals surface area contributed by atoms with E-state index >= 15 is 0 Å². The molecule has 0 aliphatic heterocycles. The lowest BCUT2D eigenvalue weighted by molar-refractivity contribution is 0.0688. The van der Waals surface area contributed by atoms with Gasteiger partial charge in [-0.05, 0) is 87.4 Å². The molecule has 1 atom stereocenters. The number of allylic oxidation sites excluding steroid dienone is 2. The van der Waals surface area contributed by atoms with E-state index in [9.17, 15) is 5.11 Å². The quantitative estimate of drug-likeness (QED) is 0.309. The van der Waals surface area contributed by atoms with E-state index < -0.39 is 5.60 Å². The van der Waals surface area contributed by atoms with Crippen molar-refractivity contribution < 1.29 is 5.11 Å². The van der Waals surface area contributed by atoms with Crippen molar-refractivity contribution in [3.63, 3.8) is 0 Å². The van der Waals surface area contributed by atoms with Gasteiger partial charge in [-0.1, -0.05) is 48.0 Å². The lowest BCUT2D eigenvalue weighted by Crippen LogP contribution is -2.27. The molecule has 1 aliphatic rings. The van der Waals surface area contributed by atoms with E-state index in [0.29, 0.717) is 5.92 Å². The molecule has 2 heterocycles. The Balaban J connectivity index is 1.46. The summed E-state index contributed by atoms with van der Waals surface area (Å²) in [5.41, 5.74) is 3.61. The molecule has 0 spiro atoms. The van der Waals surface area contributed by atoms with Crippen LogP contribution < -0.4 is 0 Å². The van der Waals surface area contributed by atoms with Gasteiger partial charge < -0.3 is 14.2 Å². The van der Waals surface area contributed by atoms with Crippen LogP contribution in [0.2, 0.25) is 0 Å². The van der Waals surface area contributed by atoms with Crippen molar-refractivity contribution in [1.29, 1.82) is 0 Å². The van der Waals surface area contributed by atoms with Crippen molar-refractivity contribution in [2.75, 3.05) is 0 Å². The minimum absolute atomic E-state index is 0.254. The number of hydrogen-bond donors (Lipinski definition) is 1. The normalized spacial score (nSPS) is 17.4. The minimum Gasteiger partial charge on any atom is -0.390 e. The number of para-hydroxylation sites is 2. The molecule has 4 aromatic rings. The van der Waals surface area contributed by atoms with Crippen LogP contribution in [-0.2, 0) is 0 Å². The fourth-order valence-electron chi connectivity index (χ4n) is 5.41. The van der Waals surface area contributed by atoms with E-state index in [1.807, 2.05) is 13.8 Å². The van der Waals surface area contributed by atoms with Crippen LogP contribution in [-0.4, -0.2) is 19.8 Å². The van der Waals surface area contributed by atoms with Crippen LogP contribution in [0.5, 0.6) is 0 Å². The second kappa shape index (κ2) is 8.63. The van der Waals surface area contributed by atoms with Crippen molar-refractivity contribution >= 4 is 21.8 Å². The van der Waals surface area contributed by atoms with Gasteiger partial charge in [-0.2, -0.15) is 0 Å². The maximum Gasteiger partial charge on any atom is 0.113 e. The number of hydrogen-bond acceptors (Lipinski definition) is 1. The monoisotopic (exact) mass is 426 g/mol. The van der Waals surface area contributed by atoms with Crippen LogP contribution in [0.1, 0.15) is 58.5 Å². The van der Waals surface area contributed by atoms with Gasteiger partial charge in [0.1, 0.15) is 6.17 Å². The van der Waals surface area contributed by atoms with Crippen LogP contribution in [0.3, 0.4) is 0 Å². The van der Waals surface area contributed by atoms with Crippen LogP contribution >= 0.6 is 0 Å². The Morgan fingerprint density at radius 2 is 1.50 bits per heavy atom. The summed E-state index contributed by atoms with van der Waals surface area (Å²) in [4.78, 5) is 0. The van der Waals surface area contributed by atoms with E-state index in [2.05, 4.69) is 88.3 Å². The summed E-state index contributed by atoms with van der Waals surface area (Å²) in [6.45, 7) is 3.82. The summed E-state index contributed by atoms with van der Waals surface area (Å²) in [6, 6.07) is 21.9. The van der Waals surface area contributed by atoms with Gasteiger partial charge in [0.25, 0.3) is 0 Å². The molecule has 1 unspecified atom stereocenters. The maximum absolute atomic E-state index is 10.0. The van der Waals surface area contributed by atoms with Crippen molar-refractivity contribution in [2.24, 2.45) is 5.92 Å². The molecule has 0 amide bonds. The van der Waals surface area contributed by atoms with Gasteiger partial charge in [0, 0.05) is 29.3 Å². The number of rotatable bonds is 7. The zero-order valence-corrected chi connectivity index (χ0v) is 19.2. The van der Waals surface area contributed by atoms with Gasteiger partial charge >= 0.3 is 0 Å². The Morgan fingerprint density at radius 3 is 2.03 bits per heavy atom. The summed E-state index contributed by atoms with van der Waals surface area (Å²) in [5.74, 6) is 0.541. The van der Waals surface area contributed by atoms with Crippen LogP contribution in [0, 0.1) is 5.92 Å². The summed E-state index contributed by atoms with van der Waals surface area (Å²) in [6.07, 6.45) is 13.8. The lowest BCUT2D eigenvalue weighted by atomic mass is 9.84. The smallest absolute Gasteiger partial charge is 0.113 e. The number of nitrogens with zero attached hydrogens (tertiary/aromatic N) is 2. The molecule has 0 fully saturated rings. The van der Waals surface area contributed by atoms with Crippen molar-refractivity contribution in [3.05, 3.63) is 84.7 Å². The zero-order chi connectivity index (χ0) is 22.1. The molecule has 0 radical (unpaired) electrons. The third kappa shape index (κ3) is 4.27. The number of fused-ring (bicyclic) bond motifs is 2.